The van der Waals surface area contributed by atoms with E-state index in [1.807, 2.05) is 0 Å². The molecular formula is C13H13F3N2O2S. The summed E-state index contributed by atoms with van der Waals surface area (Å²) in [7, 11) is 0. The van der Waals surface area contributed by atoms with Crippen molar-refractivity contribution >= 4 is 29.3 Å². The number of hydrogen-bond donors (Lipinski definition) is 2. The van der Waals surface area contributed by atoms with Gasteiger partial charge in [-0.3, -0.25) is 9.59 Å². The second-order valence-corrected chi connectivity index (χ2v) is 5.80. The summed E-state index contributed by atoms with van der Waals surface area (Å²) in [5, 5.41) is 4.92. The Kier molecular flexibility index (Phi) is 4.46. The molecule has 1 unspecified atom stereocenters. The molecule has 0 aliphatic carbocycles. The first-order valence-corrected chi connectivity index (χ1v) is 7.03. The number of benzene rings is 1. The molecule has 1 fully saturated rings. The second-order valence-electron chi connectivity index (χ2n) is 4.70. The van der Waals surface area contributed by atoms with Crippen LogP contribution in [0.2, 0.25) is 0 Å². The molecule has 0 aromatic heterocycles. The van der Waals surface area contributed by atoms with E-state index in [4.69, 9.17) is 0 Å². The van der Waals surface area contributed by atoms with E-state index < -0.39 is 17.5 Å². The van der Waals surface area contributed by atoms with Gasteiger partial charge in [0.15, 0.2) is 0 Å². The Hall–Kier alpha value is -1.70. The molecule has 1 aromatic carbocycles. The molecule has 1 aliphatic rings. The Morgan fingerprint density at radius 1 is 1.43 bits per heavy atom. The summed E-state index contributed by atoms with van der Waals surface area (Å²) in [6.45, 7) is 1.67. The average Bonchev–Trinajstić information content (AvgIpc) is 2.77. The Balaban J connectivity index is 2.15. The summed E-state index contributed by atoms with van der Waals surface area (Å²) < 4.78 is 37.6. The first-order chi connectivity index (χ1) is 9.74. The highest BCUT2D eigenvalue weighted by Gasteiger charge is 2.32. The van der Waals surface area contributed by atoms with Crippen LogP contribution < -0.4 is 10.6 Å². The van der Waals surface area contributed by atoms with E-state index in [1.165, 1.54) is 12.1 Å². The number of alkyl halides is 3. The van der Waals surface area contributed by atoms with Crippen LogP contribution in [0, 0.1) is 6.92 Å². The number of thioether (sulfide) groups is 1. The van der Waals surface area contributed by atoms with Crippen LogP contribution in [0.5, 0.6) is 0 Å². The van der Waals surface area contributed by atoms with Crippen molar-refractivity contribution in [1.29, 1.82) is 0 Å². The van der Waals surface area contributed by atoms with Gasteiger partial charge in [0, 0.05) is 11.3 Å². The molecule has 0 radical (unpaired) electrons. The number of rotatable bonds is 3. The number of anilines is 1. The largest absolute Gasteiger partial charge is 0.446 e. The van der Waals surface area contributed by atoms with Crippen molar-refractivity contribution in [2.75, 3.05) is 5.32 Å². The molecule has 1 saturated heterocycles. The number of halogens is 3. The standard InChI is InChI=1S/C13H13F3N2O2S/c1-7-2-3-8(10(6-7)21-13(14,15)16)18-12(20)9-4-5-11(19)17-9/h2-3,6,9H,4-5H2,1H3,(H,17,19)(H,18,20). The highest BCUT2D eigenvalue weighted by atomic mass is 32.2. The van der Waals surface area contributed by atoms with E-state index in [0.29, 0.717) is 12.0 Å². The van der Waals surface area contributed by atoms with Crippen LogP contribution in [-0.4, -0.2) is 23.4 Å². The van der Waals surface area contributed by atoms with Crippen LogP contribution in [0.25, 0.3) is 0 Å². The average molecular weight is 318 g/mol. The lowest BCUT2D eigenvalue weighted by Crippen LogP contribution is -2.37. The highest BCUT2D eigenvalue weighted by molar-refractivity contribution is 8.00. The van der Waals surface area contributed by atoms with Gasteiger partial charge in [0.2, 0.25) is 11.8 Å². The van der Waals surface area contributed by atoms with E-state index in [9.17, 15) is 22.8 Å². The molecule has 1 atom stereocenters. The van der Waals surface area contributed by atoms with Gasteiger partial charge in [-0.15, -0.1) is 0 Å². The fourth-order valence-corrected chi connectivity index (χ4v) is 2.70. The molecule has 1 heterocycles. The fourth-order valence-electron chi connectivity index (χ4n) is 1.97. The van der Waals surface area contributed by atoms with Crippen LogP contribution in [0.3, 0.4) is 0 Å². The van der Waals surface area contributed by atoms with Crippen molar-refractivity contribution in [3.8, 4) is 0 Å². The van der Waals surface area contributed by atoms with E-state index in [1.54, 1.807) is 13.0 Å². The van der Waals surface area contributed by atoms with Gasteiger partial charge in [0.1, 0.15) is 6.04 Å². The maximum Gasteiger partial charge on any atom is 0.446 e. The summed E-state index contributed by atoms with van der Waals surface area (Å²) >= 11 is -0.275. The number of carbonyl (C=O) groups is 2. The monoisotopic (exact) mass is 318 g/mol. The number of aryl methyl sites for hydroxylation is 1. The van der Waals surface area contributed by atoms with Gasteiger partial charge in [0.05, 0.1) is 5.69 Å². The smallest absolute Gasteiger partial charge is 0.344 e. The molecule has 2 N–H and O–H groups in total. The predicted octanol–water partition coefficient (Wildman–Crippen LogP) is 2.82. The Morgan fingerprint density at radius 3 is 2.71 bits per heavy atom. The zero-order chi connectivity index (χ0) is 15.6. The molecule has 0 saturated carbocycles. The maximum atomic E-state index is 12.5. The van der Waals surface area contributed by atoms with Gasteiger partial charge in [-0.2, -0.15) is 13.2 Å². The predicted molar refractivity (Wildman–Crippen MR) is 72.9 cm³/mol. The van der Waals surface area contributed by atoms with Crippen molar-refractivity contribution < 1.29 is 22.8 Å². The molecule has 1 aliphatic heterocycles. The SMILES string of the molecule is Cc1ccc(NC(=O)C2CCC(=O)N2)c(SC(F)(F)F)c1. The number of amides is 2. The molecule has 21 heavy (non-hydrogen) atoms. The zero-order valence-electron chi connectivity index (χ0n) is 11.1. The minimum atomic E-state index is -4.44. The number of nitrogens with one attached hydrogen (secondary N) is 2. The molecule has 0 spiro atoms. The van der Waals surface area contributed by atoms with Crippen molar-refractivity contribution in [3.05, 3.63) is 23.8 Å². The van der Waals surface area contributed by atoms with Crippen molar-refractivity contribution in [2.45, 2.75) is 36.2 Å². The zero-order valence-corrected chi connectivity index (χ0v) is 11.9. The molecule has 2 rings (SSSR count). The Labute approximate surface area is 123 Å². The number of carbonyl (C=O) groups excluding carboxylic acids is 2. The normalized spacial score (nSPS) is 18.5. The minimum Gasteiger partial charge on any atom is -0.344 e. The third-order valence-electron chi connectivity index (χ3n) is 2.93. The highest BCUT2D eigenvalue weighted by Crippen LogP contribution is 2.40. The van der Waals surface area contributed by atoms with Crippen LogP contribution in [-0.2, 0) is 9.59 Å². The van der Waals surface area contributed by atoms with Crippen LogP contribution in [0.15, 0.2) is 23.1 Å². The maximum absolute atomic E-state index is 12.5. The Bertz CT molecular complexity index is 575. The molecule has 0 bridgehead atoms. The van der Waals surface area contributed by atoms with Gasteiger partial charge in [-0.05, 0) is 42.8 Å². The first-order valence-electron chi connectivity index (χ1n) is 6.21. The molecule has 2 amide bonds. The van der Waals surface area contributed by atoms with Gasteiger partial charge in [-0.25, -0.2) is 0 Å². The van der Waals surface area contributed by atoms with Crippen LogP contribution >= 0.6 is 11.8 Å². The molecule has 8 heteroatoms. The van der Waals surface area contributed by atoms with Crippen molar-refractivity contribution in [1.82, 2.24) is 5.32 Å². The topological polar surface area (TPSA) is 58.2 Å². The summed E-state index contributed by atoms with van der Waals surface area (Å²) in [6, 6.07) is 3.71. The minimum absolute atomic E-state index is 0.0693. The number of hydrogen-bond acceptors (Lipinski definition) is 3. The van der Waals surface area contributed by atoms with Crippen LogP contribution in [0.1, 0.15) is 18.4 Å². The summed E-state index contributed by atoms with van der Waals surface area (Å²) in [5.41, 5.74) is -3.68. The molecule has 114 valence electrons. The van der Waals surface area contributed by atoms with Gasteiger partial charge >= 0.3 is 5.51 Å². The van der Waals surface area contributed by atoms with Crippen molar-refractivity contribution in [2.24, 2.45) is 0 Å². The lowest BCUT2D eigenvalue weighted by atomic mass is 10.2. The molecule has 1 aromatic rings. The summed E-state index contributed by atoms with van der Waals surface area (Å²) in [6.07, 6.45) is 0.592. The lowest BCUT2D eigenvalue weighted by Gasteiger charge is -2.15. The third-order valence-corrected chi connectivity index (χ3v) is 3.72. The van der Waals surface area contributed by atoms with Gasteiger partial charge < -0.3 is 10.6 Å². The van der Waals surface area contributed by atoms with E-state index >= 15 is 0 Å². The lowest BCUT2D eigenvalue weighted by molar-refractivity contribution is -0.122. The van der Waals surface area contributed by atoms with Crippen molar-refractivity contribution in [3.63, 3.8) is 0 Å². The Morgan fingerprint density at radius 2 is 2.14 bits per heavy atom. The van der Waals surface area contributed by atoms with Gasteiger partial charge in [0.25, 0.3) is 0 Å². The van der Waals surface area contributed by atoms with E-state index in [2.05, 4.69) is 10.6 Å². The van der Waals surface area contributed by atoms with Crippen LogP contribution in [0.4, 0.5) is 18.9 Å². The second kappa shape index (κ2) is 5.97. The fraction of sp³-hybridized carbons (Fsp3) is 0.385. The first kappa shape index (κ1) is 15.7. The van der Waals surface area contributed by atoms with Gasteiger partial charge in [-0.1, -0.05) is 6.07 Å². The van der Waals surface area contributed by atoms with E-state index in [0.717, 1.165) is 0 Å². The summed E-state index contributed by atoms with van der Waals surface area (Å²) in [5.74, 6) is -0.738. The third kappa shape index (κ3) is 4.38. The van der Waals surface area contributed by atoms with E-state index in [-0.39, 0.29) is 34.7 Å². The molecule has 4 nitrogen and oxygen atoms in total. The summed E-state index contributed by atoms with van der Waals surface area (Å²) in [4.78, 5) is 22.9. The molecular weight excluding hydrogens is 305 g/mol. The quantitative estimate of drug-likeness (QED) is 0.843.